The second-order valence-corrected chi connectivity index (χ2v) is 7.90. The van der Waals surface area contributed by atoms with Crippen molar-refractivity contribution in [2.45, 2.75) is 47.5 Å². The molecule has 33 heavy (non-hydrogen) atoms. The Morgan fingerprint density at radius 3 is 2.45 bits per heavy atom. The summed E-state index contributed by atoms with van der Waals surface area (Å²) in [4.78, 5) is 20.8. The number of benzene rings is 1. The number of rotatable bonds is 7. The molecular weight excluding hydrogens is 420 g/mol. The number of hydrogen-bond acceptors (Lipinski definition) is 7. The lowest BCUT2D eigenvalue weighted by Crippen LogP contribution is -2.12. The highest BCUT2D eigenvalue weighted by molar-refractivity contribution is 5.90. The van der Waals surface area contributed by atoms with Crippen molar-refractivity contribution < 1.29 is 14.1 Å². The first-order chi connectivity index (χ1) is 15.8. The fourth-order valence-electron chi connectivity index (χ4n) is 3.49. The van der Waals surface area contributed by atoms with Crippen molar-refractivity contribution in [3.63, 3.8) is 0 Å². The molecule has 0 radical (unpaired) electrons. The Morgan fingerprint density at radius 2 is 1.82 bits per heavy atom. The van der Waals surface area contributed by atoms with Crippen LogP contribution < -0.4 is 10.1 Å². The maximum Gasteiger partial charge on any atom is 0.224 e. The van der Waals surface area contributed by atoms with E-state index in [0.29, 0.717) is 36.0 Å². The number of nitrogens with one attached hydrogen (secondary N) is 1. The summed E-state index contributed by atoms with van der Waals surface area (Å²) in [6.07, 6.45) is 2.37. The average molecular weight is 447 g/mol. The third-order valence-corrected chi connectivity index (χ3v) is 5.64. The van der Waals surface area contributed by atoms with Crippen molar-refractivity contribution in [1.29, 1.82) is 0 Å². The van der Waals surface area contributed by atoms with Crippen LogP contribution in [0.1, 0.15) is 40.4 Å². The summed E-state index contributed by atoms with van der Waals surface area (Å²) in [6.45, 7) is 9.73. The monoisotopic (exact) mass is 446 g/mol. The van der Waals surface area contributed by atoms with E-state index in [-0.39, 0.29) is 5.91 Å². The number of anilines is 1. The van der Waals surface area contributed by atoms with Crippen LogP contribution in [0, 0.1) is 34.6 Å². The van der Waals surface area contributed by atoms with Gasteiger partial charge in [-0.05, 0) is 70.9 Å². The third-order valence-electron chi connectivity index (χ3n) is 5.64. The molecule has 3 aromatic heterocycles. The van der Waals surface area contributed by atoms with Crippen molar-refractivity contribution in [3.05, 3.63) is 70.6 Å². The van der Waals surface area contributed by atoms with Crippen molar-refractivity contribution >= 4 is 11.6 Å². The number of nitrogens with zero attached hydrogens (tertiary/aromatic N) is 5. The van der Waals surface area contributed by atoms with Crippen LogP contribution in [0.2, 0.25) is 0 Å². The summed E-state index contributed by atoms with van der Waals surface area (Å²) in [5.74, 6) is 2.31. The molecule has 0 atom stereocenters. The molecule has 170 valence electrons. The maximum atomic E-state index is 12.3. The Morgan fingerprint density at radius 1 is 1.06 bits per heavy atom. The molecule has 0 saturated heterocycles. The summed E-state index contributed by atoms with van der Waals surface area (Å²) >= 11 is 0. The predicted molar refractivity (Wildman–Crippen MR) is 123 cm³/mol. The normalized spacial score (nSPS) is 10.9. The van der Waals surface area contributed by atoms with Gasteiger partial charge in [-0.15, -0.1) is 0 Å². The van der Waals surface area contributed by atoms with Crippen molar-refractivity contribution in [3.8, 4) is 17.4 Å². The SMILES string of the molecule is Cc1nn(-c2cc(Oc3ccc(NC(=O)CCc4c(C)noc4C)cc3)ncn2)c(C)c1C. The molecular formula is C24H26N6O3. The van der Waals surface area contributed by atoms with Crippen molar-refractivity contribution in [1.82, 2.24) is 24.9 Å². The number of carbonyl (C=O) groups is 1. The second-order valence-electron chi connectivity index (χ2n) is 7.90. The molecule has 3 heterocycles. The largest absolute Gasteiger partial charge is 0.439 e. The fraction of sp³-hybridized carbons (Fsp3) is 0.292. The molecule has 0 fully saturated rings. The highest BCUT2D eigenvalue weighted by Crippen LogP contribution is 2.24. The molecule has 4 rings (SSSR count). The molecule has 0 bridgehead atoms. The minimum Gasteiger partial charge on any atom is -0.439 e. The zero-order valence-corrected chi connectivity index (χ0v) is 19.3. The van der Waals surface area contributed by atoms with Gasteiger partial charge in [0.05, 0.1) is 11.4 Å². The lowest BCUT2D eigenvalue weighted by molar-refractivity contribution is -0.116. The van der Waals surface area contributed by atoms with Gasteiger partial charge in [-0.2, -0.15) is 5.10 Å². The summed E-state index contributed by atoms with van der Waals surface area (Å²) in [5, 5.41) is 11.3. The molecule has 0 unspecified atom stereocenters. The zero-order valence-electron chi connectivity index (χ0n) is 19.3. The molecule has 0 aliphatic heterocycles. The van der Waals surface area contributed by atoms with Crippen LogP contribution in [0.15, 0.2) is 41.2 Å². The molecule has 0 saturated carbocycles. The highest BCUT2D eigenvalue weighted by atomic mass is 16.5. The molecule has 0 aliphatic carbocycles. The lowest BCUT2D eigenvalue weighted by atomic mass is 10.1. The van der Waals surface area contributed by atoms with Crippen molar-refractivity contribution in [2.24, 2.45) is 0 Å². The van der Waals surface area contributed by atoms with Gasteiger partial charge in [-0.25, -0.2) is 14.6 Å². The standard InChI is InChI=1S/C24H26N6O3/c1-14-15(2)28-30(17(14)4)22-12-24(26-13-25-22)32-20-8-6-19(7-9-20)27-23(31)11-10-21-16(3)29-33-18(21)5/h6-9,12-13H,10-11H2,1-5H3,(H,27,31). The van der Waals surface area contributed by atoms with E-state index in [1.54, 1.807) is 35.0 Å². The summed E-state index contributed by atoms with van der Waals surface area (Å²) in [7, 11) is 0. The quantitative estimate of drug-likeness (QED) is 0.443. The minimum absolute atomic E-state index is 0.0794. The number of hydrogen-bond donors (Lipinski definition) is 1. The highest BCUT2D eigenvalue weighted by Gasteiger charge is 2.13. The number of carbonyl (C=O) groups excluding carboxylic acids is 1. The molecule has 1 aromatic carbocycles. The first kappa shape index (κ1) is 22.2. The molecule has 1 amide bonds. The van der Waals surface area contributed by atoms with Gasteiger partial charge in [-0.3, -0.25) is 4.79 Å². The Labute approximate surface area is 191 Å². The van der Waals surface area contributed by atoms with Gasteiger partial charge in [0, 0.05) is 29.4 Å². The van der Waals surface area contributed by atoms with E-state index in [2.05, 4.69) is 25.5 Å². The van der Waals surface area contributed by atoms with Crippen LogP contribution >= 0.6 is 0 Å². The van der Waals surface area contributed by atoms with Crippen LogP contribution in [-0.2, 0) is 11.2 Å². The first-order valence-electron chi connectivity index (χ1n) is 10.7. The zero-order chi connectivity index (χ0) is 23.5. The van der Waals surface area contributed by atoms with E-state index < -0.39 is 0 Å². The van der Waals surface area contributed by atoms with E-state index in [1.165, 1.54) is 6.33 Å². The first-order valence-corrected chi connectivity index (χ1v) is 10.7. The molecule has 0 aliphatic rings. The average Bonchev–Trinajstić information content (AvgIpc) is 3.26. The molecule has 0 spiro atoms. The van der Waals surface area contributed by atoms with Crippen LogP contribution in [0.5, 0.6) is 11.6 Å². The van der Waals surface area contributed by atoms with E-state index >= 15 is 0 Å². The van der Waals surface area contributed by atoms with Crippen LogP contribution in [0.25, 0.3) is 5.82 Å². The molecule has 9 nitrogen and oxygen atoms in total. The molecule has 4 aromatic rings. The van der Waals surface area contributed by atoms with Crippen LogP contribution in [-0.4, -0.2) is 30.8 Å². The molecule has 1 N–H and O–H groups in total. The second kappa shape index (κ2) is 9.23. The summed E-state index contributed by atoms with van der Waals surface area (Å²) in [5.41, 5.74) is 5.59. The maximum absolute atomic E-state index is 12.3. The Hall–Kier alpha value is -4.01. The Bertz CT molecular complexity index is 1270. The van der Waals surface area contributed by atoms with Crippen molar-refractivity contribution in [2.75, 3.05) is 5.32 Å². The van der Waals surface area contributed by atoms with Gasteiger partial charge in [-0.1, -0.05) is 5.16 Å². The Kier molecular flexibility index (Phi) is 6.21. The number of ether oxygens (including phenoxy) is 1. The van der Waals surface area contributed by atoms with Gasteiger partial charge in [0.15, 0.2) is 5.82 Å². The van der Waals surface area contributed by atoms with Gasteiger partial charge in [0.2, 0.25) is 11.8 Å². The summed E-state index contributed by atoms with van der Waals surface area (Å²) in [6, 6.07) is 8.87. The van der Waals surface area contributed by atoms with Gasteiger partial charge in [0.1, 0.15) is 17.8 Å². The molecule has 9 heteroatoms. The van der Waals surface area contributed by atoms with E-state index in [0.717, 1.165) is 34.0 Å². The predicted octanol–water partition coefficient (Wildman–Crippen LogP) is 4.56. The smallest absolute Gasteiger partial charge is 0.224 e. The van der Waals surface area contributed by atoms with Gasteiger partial charge in [0.25, 0.3) is 0 Å². The lowest BCUT2D eigenvalue weighted by Gasteiger charge is -2.09. The van der Waals surface area contributed by atoms with Crippen LogP contribution in [0.4, 0.5) is 5.69 Å². The number of aromatic nitrogens is 5. The van der Waals surface area contributed by atoms with Gasteiger partial charge >= 0.3 is 0 Å². The topological polar surface area (TPSA) is 108 Å². The van der Waals surface area contributed by atoms with E-state index in [1.807, 2.05) is 34.6 Å². The van der Waals surface area contributed by atoms with E-state index in [4.69, 9.17) is 9.26 Å². The van der Waals surface area contributed by atoms with E-state index in [9.17, 15) is 4.79 Å². The van der Waals surface area contributed by atoms with Crippen LogP contribution in [0.3, 0.4) is 0 Å². The third kappa shape index (κ3) is 4.92. The number of aryl methyl sites for hydroxylation is 3. The summed E-state index contributed by atoms with van der Waals surface area (Å²) < 4.78 is 12.8. The Balaban J connectivity index is 1.38. The minimum atomic E-state index is -0.0794. The number of amides is 1. The van der Waals surface area contributed by atoms with Gasteiger partial charge < -0.3 is 14.6 Å². The fourth-order valence-corrected chi connectivity index (χ4v) is 3.49.